The van der Waals surface area contributed by atoms with Gasteiger partial charge in [-0.3, -0.25) is 19.3 Å². The largest absolute Gasteiger partial charge is 0.508 e. The molecule has 0 spiro atoms. The number of benzene rings is 1. The summed E-state index contributed by atoms with van der Waals surface area (Å²) >= 11 is 0. The van der Waals surface area contributed by atoms with Gasteiger partial charge in [-0.2, -0.15) is 0 Å². The van der Waals surface area contributed by atoms with E-state index in [1.165, 1.54) is 6.92 Å². The Kier molecular flexibility index (Phi) is 6.29. The van der Waals surface area contributed by atoms with Gasteiger partial charge in [0, 0.05) is 57.4 Å². The van der Waals surface area contributed by atoms with Gasteiger partial charge in [0.2, 0.25) is 17.7 Å². The predicted molar refractivity (Wildman–Crippen MR) is 126 cm³/mol. The highest BCUT2D eigenvalue weighted by Gasteiger charge is 2.43. The molecule has 2 aromatic rings. The molecule has 2 bridgehead atoms. The van der Waals surface area contributed by atoms with Crippen LogP contribution < -0.4 is 10.1 Å². The number of carbonyl (C=O) groups excluding carboxylic acids is 3. The molecule has 1 aromatic heterocycles. The summed E-state index contributed by atoms with van der Waals surface area (Å²) in [4.78, 5) is 48.8. The maximum Gasteiger partial charge on any atom is 0.257 e. The van der Waals surface area contributed by atoms with Gasteiger partial charge in [-0.15, -0.1) is 0 Å². The molecule has 2 saturated heterocycles. The first-order valence-corrected chi connectivity index (χ1v) is 11.9. The van der Waals surface area contributed by atoms with Crippen LogP contribution in [0.25, 0.3) is 0 Å². The molecule has 1 aromatic carbocycles. The van der Waals surface area contributed by atoms with E-state index in [-0.39, 0.29) is 48.0 Å². The Bertz CT molecular complexity index is 1140. The minimum Gasteiger partial charge on any atom is -0.508 e. The average molecular weight is 480 g/mol. The maximum atomic E-state index is 13.9. The van der Waals surface area contributed by atoms with Gasteiger partial charge in [0.05, 0.1) is 12.1 Å². The van der Waals surface area contributed by atoms with Crippen LogP contribution in [0.15, 0.2) is 42.6 Å². The number of nitrogens with zero attached hydrogens (tertiary/aromatic N) is 4. The summed E-state index contributed by atoms with van der Waals surface area (Å²) in [6, 6.07) is 9.32. The van der Waals surface area contributed by atoms with E-state index in [4.69, 9.17) is 4.74 Å². The van der Waals surface area contributed by atoms with Crippen molar-refractivity contribution in [3.8, 4) is 11.6 Å². The van der Waals surface area contributed by atoms with Gasteiger partial charge in [0.1, 0.15) is 17.9 Å². The lowest BCUT2D eigenvalue weighted by Crippen LogP contribution is -2.61. The fourth-order valence-corrected chi connectivity index (χ4v) is 5.19. The van der Waals surface area contributed by atoms with E-state index in [1.807, 2.05) is 17.0 Å². The molecule has 184 valence electrons. The number of amides is 3. The van der Waals surface area contributed by atoms with Crippen LogP contribution in [0.4, 0.5) is 0 Å². The van der Waals surface area contributed by atoms with Crippen LogP contribution in [-0.4, -0.2) is 93.4 Å². The first-order valence-electron chi connectivity index (χ1n) is 11.9. The number of carbonyl (C=O) groups is 3. The number of nitrogens with one attached hydrogen (secondary N) is 1. The molecule has 0 saturated carbocycles. The lowest BCUT2D eigenvalue weighted by Gasteiger charge is -2.42. The van der Waals surface area contributed by atoms with Crippen LogP contribution in [0.5, 0.6) is 11.6 Å². The fraction of sp³-hybridized carbons (Fsp3) is 0.440. The minimum absolute atomic E-state index is 0.0526. The van der Waals surface area contributed by atoms with Gasteiger partial charge in [0.15, 0.2) is 0 Å². The molecule has 0 radical (unpaired) electrons. The highest BCUT2D eigenvalue weighted by Crippen LogP contribution is 2.28. The third-order valence-electron chi connectivity index (χ3n) is 7.03. The Labute approximate surface area is 203 Å². The number of likely N-dealkylation sites (tertiary alicyclic amines) is 1. The number of aromatic nitrogens is 1. The van der Waals surface area contributed by atoms with Gasteiger partial charge < -0.3 is 25.0 Å². The Morgan fingerprint density at radius 2 is 2.00 bits per heavy atom. The number of ether oxygens (including phenoxy) is 1. The molecule has 3 aliphatic rings. The standard InChI is InChI=1S/C25H29N5O5/c1-16(31)28-9-10-30-19(14-28)15-35-24-20(6-4-8-26-24)23(33)27-18-11-21(25(30)34)29(13-18)12-17-5-2-3-7-22(17)32/h2-8,18-19,21,32H,9-15H2,1H3,(H,27,33)/t18-,19-,21-/m0/s1. The van der Waals surface area contributed by atoms with E-state index in [1.54, 1.807) is 40.3 Å². The highest BCUT2D eigenvalue weighted by atomic mass is 16.5. The molecule has 5 rings (SSSR count). The van der Waals surface area contributed by atoms with Crippen molar-refractivity contribution >= 4 is 17.7 Å². The normalized spacial score (nSPS) is 25.0. The van der Waals surface area contributed by atoms with Crippen molar-refractivity contribution in [1.82, 2.24) is 25.0 Å². The lowest BCUT2D eigenvalue weighted by atomic mass is 10.1. The van der Waals surface area contributed by atoms with E-state index in [2.05, 4.69) is 10.3 Å². The Hall–Kier alpha value is -3.66. The van der Waals surface area contributed by atoms with Crippen molar-refractivity contribution < 1.29 is 24.2 Å². The summed E-state index contributed by atoms with van der Waals surface area (Å²) in [5.74, 6) is -0.0388. The second-order valence-corrected chi connectivity index (χ2v) is 9.30. The number of phenolic OH excluding ortho intramolecular Hbond substituents is 1. The van der Waals surface area contributed by atoms with Crippen molar-refractivity contribution in [1.29, 1.82) is 0 Å². The molecule has 2 fully saturated rings. The molecule has 2 N–H and O–H groups in total. The van der Waals surface area contributed by atoms with E-state index >= 15 is 0 Å². The third-order valence-corrected chi connectivity index (χ3v) is 7.03. The van der Waals surface area contributed by atoms with E-state index in [0.717, 1.165) is 5.56 Å². The van der Waals surface area contributed by atoms with Crippen molar-refractivity contribution in [3.05, 3.63) is 53.7 Å². The molecule has 3 atom stereocenters. The van der Waals surface area contributed by atoms with Crippen LogP contribution in [0.1, 0.15) is 29.3 Å². The molecule has 3 amide bonds. The summed E-state index contributed by atoms with van der Waals surface area (Å²) in [5.41, 5.74) is 1.05. The van der Waals surface area contributed by atoms with Gasteiger partial charge in [-0.25, -0.2) is 4.98 Å². The zero-order chi connectivity index (χ0) is 24.5. The second kappa shape index (κ2) is 9.53. The zero-order valence-electron chi connectivity index (χ0n) is 19.6. The molecule has 3 aliphatic heterocycles. The smallest absolute Gasteiger partial charge is 0.257 e. The minimum atomic E-state index is -0.473. The van der Waals surface area contributed by atoms with Gasteiger partial charge in [-0.1, -0.05) is 18.2 Å². The number of aromatic hydroxyl groups is 1. The van der Waals surface area contributed by atoms with Gasteiger partial charge in [-0.05, 0) is 24.6 Å². The Morgan fingerprint density at radius 3 is 2.80 bits per heavy atom. The van der Waals surface area contributed by atoms with Crippen molar-refractivity contribution in [2.45, 2.75) is 38.0 Å². The van der Waals surface area contributed by atoms with E-state index in [0.29, 0.717) is 44.7 Å². The Balaban J connectivity index is 1.49. The first kappa shape index (κ1) is 23.1. The molecule has 10 heteroatoms. The number of fused-ring (bicyclic) bond motifs is 4. The SMILES string of the molecule is CC(=O)N1CCN2C(=O)[C@@H]3C[C@@H](CN3Cc3ccccc3O)NC(=O)c3cccnc3OC[C@@H]2C1. The number of para-hydroxylation sites is 1. The third kappa shape index (κ3) is 4.66. The zero-order valence-corrected chi connectivity index (χ0v) is 19.6. The summed E-state index contributed by atoms with van der Waals surface area (Å²) in [5, 5.41) is 13.4. The van der Waals surface area contributed by atoms with Gasteiger partial charge in [0.25, 0.3) is 5.91 Å². The molecule has 10 nitrogen and oxygen atoms in total. The highest BCUT2D eigenvalue weighted by molar-refractivity contribution is 5.96. The van der Waals surface area contributed by atoms with E-state index in [9.17, 15) is 19.5 Å². The van der Waals surface area contributed by atoms with Crippen LogP contribution in [0.2, 0.25) is 0 Å². The number of hydrogen-bond donors (Lipinski definition) is 2. The summed E-state index contributed by atoms with van der Waals surface area (Å²) in [6.07, 6.45) is 2.01. The van der Waals surface area contributed by atoms with Crippen LogP contribution in [-0.2, 0) is 16.1 Å². The molecule has 0 unspecified atom stereocenters. The maximum absolute atomic E-state index is 13.9. The first-order chi connectivity index (χ1) is 16.9. The van der Waals surface area contributed by atoms with Crippen molar-refractivity contribution in [3.63, 3.8) is 0 Å². The quantitative estimate of drug-likeness (QED) is 0.649. The second-order valence-electron chi connectivity index (χ2n) is 9.30. The average Bonchev–Trinajstić information content (AvgIpc) is 3.25. The van der Waals surface area contributed by atoms with Crippen molar-refractivity contribution in [2.24, 2.45) is 0 Å². The van der Waals surface area contributed by atoms with E-state index < -0.39 is 6.04 Å². The topological polar surface area (TPSA) is 115 Å². The predicted octanol–water partition coefficient (Wildman–Crippen LogP) is 0.612. The van der Waals surface area contributed by atoms with Crippen LogP contribution >= 0.6 is 0 Å². The van der Waals surface area contributed by atoms with Gasteiger partial charge >= 0.3 is 0 Å². The number of pyridine rings is 1. The molecule has 4 heterocycles. The number of phenols is 1. The van der Waals surface area contributed by atoms with Crippen molar-refractivity contribution in [2.75, 3.05) is 32.8 Å². The lowest BCUT2D eigenvalue weighted by molar-refractivity contribution is -0.146. The summed E-state index contributed by atoms with van der Waals surface area (Å²) < 4.78 is 5.96. The Morgan fingerprint density at radius 1 is 1.17 bits per heavy atom. The molecular formula is C25H29N5O5. The molecule has 0 aliphatic carbocycles. The summed E-state index contributed by atoms with van der Waals surface area (Å²) in [6.45, 7) is 3.68. The van der Waals surface area contributed by atoms with Crippen LogP contribution in [0, 0.1) is 0 Å². The monoisotopic (exact) mass is 479 g/mol. The summed E-state index contributed by atoms with van der Waals surface area (Å²) in [7, 11) is 0. The number of piperazine rings is 1. The number of hydrogen-bond acceptors (Lipinski definition) is 7. The van der Waals surface area contributed by atoms with Crippen LogP contribution in [0.3, 0.4) is 0 Å². The fourth-order valence-electron chi connectivity index (χ4n) is 5.19. The number of rotatable bonds is 2. The molecule has 35 heavy (non-hydrogen) atoms. The molecular weight excluding hydrogens is 450 g/mol.